The van der Waals surface area contributed by atoms with Crippen LogP contribution in [0, 0.1) is 3.57 Å². The minimum atomic E-state index is -0.210. The Balaban J connectivity index is 2.36. The van der Waals surface area contributed by atoms with E-state index in [1.165, 1.54) is 47.7 Å². The van der Waals surface area contributed by atoms with Gasteiger partial charge in [0.2, 0.25) is 0 Å². The van der Waals surface area contributed by atoms with Crippen LogP contribution in [0.5, 0.6) is 0 Å². The van der Waals surface area contributed by atoms with E-state index in [1.807, 2.05) is 22.6 Å². The number of hydrogen-bond acceptors (Lipinski definition) is 2. The summed E-state index contributed by atoms with van der Waals surface area (Å²) in [6, 6.07) is 0. The number of unbranched alkanes of at least 4 members (excludes halogenated alkanes) is 7. The van der Waals surface area contributed by atoms with Gasteiger partial charge in [-0.05, 0) is 29.0 Å². The summed E-state index contributed by atoms with van der Waals surface area (Å²) in [7, 11) is 1.69. The Kier molecular flexibility index (Phi) is 8.18. The van der Waals surface area contributed by atoms with E-state index in [-0.39, 0.29) is 11.2 Å². The highest BCUT2D eigenvalue weighted by Crippen LogP contribution is 2.08. The summed E-state index contributed by atoms with van der Waals surface area (Å²) >= 11 is 1.99. The molecule has 1 rings (SSSR count). The lowest BCUT2D eigenvalue weighted by atomic mass is 10.1. The van der Waals surface area contributed by atoms with Gasteiger partial charge in [0.1, 0.15) is 0 Å². The monoisotopic (exact) mass is 392 g/mol. The average Bonchev–Trinajstić information content (AvgIpc) is 2.43. The molecule has 1 aromatic rings. The van der Waals surface area contributed by atoms with Crippen LogP contribution in [0.3, 0.4) is 0 Å². The molecule has 114 valence electrons. The molecule has 4 nitrogen and oxygen atoms in total. The van der Waals surface area contributed by atoms with Crippen LogP contribution >= 0.6 is 22.6 Å². The lowest BCUT2D eigenvalue weighted by Gasteiger charge is -2.07. The molecule has 0 unspecified atom stereocenters. The van der Waals surface area contributed by atoms with Crippen molar-refractivity contribution in [2.75, 3.05) is 0 Å². The number of halogens is 1. The first-order valence-corrected chi connectivity index (χ1v) is 8.61. The summed E-state index contributed by atoms with van der Waals surface area (Å²) in [5, 5.41) is 0. The van der Waals surface area contributed by atoms with Gasteiger partial charge in [-0.25, -0.2) is 4.79 Å². The van der Waals surface area contributed by atoms with Crippen molar-refractivity contribution in [3.63, 3.8) is 0 Å². The SMILES string of the molecule is CCCCCCCCCCn1c(=O)c(I)cn(C)c1=O. The zero-order chi connectivity index (χ0) is 15.0. The third kappa shape index (κ3) is 5.42. The van der Waals surface area contributed by atoms with E-state index in [9.17, 15) is 9.59 Å². The summed E-state index contributed by atoms with van der Waals surface area (Å²) in [6.07, 6.45) is 11.3. The second-order valence-corrected chi connectivity index (χ2v) is 6.46. The van der Waals surface area contributed by atoms with Gasteiger partial charge >= 0.3 is 5.69 Å². The van der Waals surface area contributed by atoms with Crippen molar-refractivity contribution in [2.24, 2.45) is 7.05 Å². The Bertz CT molecular complexity index is 485. The fourth-order valence-corrected chi connectivity index (χ4v) is 3.00. The van der Waals surface area contributed by atoms with Crippen molar-refractivity contribution >= 4 is 22.6 Å². The molecule has 0 aliphatic carbocycles. The molecule has 20 heavy (non-hydrogen) atoms. The van der Waals surface area contributed by atoms with E-state index in [4.69, 9.17) is 0 Å². The average molecular weight is 392 g/mol. The number of aromatic nitrogens is 2. The van der Waals surface area contributed by atoms with Gasteiger partial charge in [0.25, 0.3) is 5.56 Å². The van der Waals surface area contributed by atoms with Crippen LogP contribution in [0.2, 0.25) is 0 Å². The van der Waals surface area contributed by atoms with Crippen molar-refractivity contribution in [1.29, 1.82) is 0 Å². The molecule has 0 fully saturated rings. The van der Waals surface area contributed by atoms with E-state index in [0.29, 0.717) is 10.1 Å². The maximum atomic E-state index is 11.9. The van der Waals surface area contributed by atoms with Gasteiger partial charge in [0.05, 0.1) is 3.57 Å². The zero-order valence-electron chi connectivity index (χ0n) is 12.5. The van der Waals surface area contributed by atoms with Crippen molar-refractivity contribution in [2.45, 2.75) is 64.8 Å². The molecule has 0 bridgehead atoms. The Morgan fingerprint density at radius 2 is 1.55 bits per heavy atom. The highest BCUT2D eigenvalue weighted by molar-refractivity contribution is 14.1. The third-order valence-electron chi connectivity index (χ3n) is 3.52. The molecule has 5 heteroatoms. The highest BCUT2D eigenvalue weighted by atomic mass is 127. The van der Waals surface area contributed by atoms with Gasteiger partial charge in [0.15, 0.2) is 0 Å². The predicted molar refractivity (Wildman–Crippen MR) is 91.3 cm³/mol. The van der Waals surface area contributed by atoms with Gasteiger partial charge < -0.3 is 4.57 Å². The number of nitrogens with zero attached hydrogens (tertiary/aromatic N) is 2. The first-order valence-electron chi connectivity index (χ1n) is 7.54. The van der Waals surface area contributed by atoms with Crippen molar-refractivity contribution in [3.05, 3.63) is 30.6 Å². The van der Waals surface area contributed by atoms with E-state index in [0.717, 1.165) is 12.8 Å². The van der Waals surface area contributed by atoms with Gasteiger partial charge in [-0.2, -0.15) is 0 Å². The normalized spacial score (nSPS) is 10.9. The molecule has 0 saturated heterocycles. The second kappa shape index (κ2) is 9.37. The topological polar surface area (TPSA) is 44.0 Å². The van der Waals surface area contributed by atoms with E-state index in [2.05, 4.69) is 6.92 Å². The molecule has 0 atom stereocenters. The lowest BCUT2D eigenvalue weighted by Crippen LogP contribution is -2.39. The molecular weight excluding hydrogens is 367 g/mol. The van der Waals surface area contributed by atoms with Crippen LogP contribution in [0.15, 0.2) is 15.8 Å². The van der Waals surface area contributed by atoms with Crippen LogP contribution in [0.4, 0.5) is 0 Å². The van der Waals surface area contributed by atoms with Crippen molar-refractivity contribution in [3.8, 4) is 0 Å². The fraction of sp³-hybridized carbons (Fsp3) is 0.733. The summed E-state index contributed by atoms with van der Waals surface area (Å²) in [5.74, 6) is 0. The van der Waals surface area contributed by atoms with Crippen LogP contribution in [0.25, 0.3) is 0 Å². The first kappa shape index (κ1) is 17.5. The zero-order valence-corrected chi connectivity index (χ0v) is 14.7. The van der Waals surface area contributed by atoms with E-state index >= 15 is 0 Å². The Morgan fingerprint density at radius 1 is 1.00 bits per heavy atom. The minimum absolute atomic E-state index is 0.156. The standard InChI is InChI=1S/C15H25IN2O2/c1-3-4-5-6-7-8-9-10-11-18-14(19)13(16)12-17(2)15(18)20/h12H,3-11H2,1-2H3. The summed E-state index contributed by atoms with van der Waals surface area (Å²) < 4.78 is 3.44. The van der Waals surface area contributed by atoms with E-state index in [1.54, 1.807) is 13.2 Å². The second-order valence-electron chi connectivity index (χ2n) is 5.30. The van der Waals surface area contributed by atoms with Crippen LogP contribution in [0.1, 0.15) is 58.3 Å². The lowest BCUT2D eigenvalue weighted by molar-refractivity contribution is 0.513. The molecule has 0 amide bonds. The maximum Gasteiger partial charge on any atom is 0.330 e. The smallest absolute Gasteiger partial charge is 0.302 e. The van der Waals surface area contributed by atoms with Crippen LogP contribution in [-0.4, -0.2) is 9.13 Å². The molecule has 0 aliphatic heterocycles. The Hall–Kier alpha value is -0.590. The largest absolute Gasteiger partial charge is 0.330 e. The van der Waals surface area contributed by atoms with Gasteiger partial charge in [-0.15, -0.1) is 0 Å². The molecule has 0 spiro atoms. The Labute approximate surface area is 134 Å². The molecule has 0 N–H and O–H groups in total. The first-order chi connectivity index (χ1) is 9.57. The van der Waals surface area contributed by atoms with Gasteiger partial charge in [-0.3, -0.25) is 9.36 Å². The summed E-state index contributed by atoms with van der Waals surface area (Å²) in [6.45, 7) is 2.76. The molecule has 0 radical (unpaired) electrons. The third-order valence-corrected chi connectivity index (χ3v) is 4.26. The van der Waals surface area contributed by atoms with Crippen molar-refractivity contribution < 1.29 is 0 Å². The van der Waals surface area contributed by atoms with Crippen LogP contribution in [-0.2, 0) is 13.6 Å². The number of aryl methyl sites for hydroxylation is 1. The van der Waals surface area contributed by atoms with Crippen molar-refractivity contribution in [1.82, 2.24) is 9.13 Å². The quantitative estimate of drug-likeness (QED) is 0.478. The molecule has 0 saturated carbocycles. The summed E-state index contributed by atoms with van der Waals surface area (Å²) in [5.41, 5.74) is -0.366. The van der Waals surface area contributed by atoms with E-state index < -0.39 is 0 Å². The minimum Gasteiger partial charge on any atom is -0.302 e. The summed E-state index contributed by atoms with van der Waals surface area (Å²) in [4.78, 5) is 23.8. The van der Waals surface area contributed by atoms with Gasteiger partial charge in [-0.1, -0.05) is 51.9 Å². The fourth-order valence-electron chi connectivity index (χ4n) is 2.29. The molecule has 1 heterocycles. The molecule has 0 aliphatic rings. The number of rotatable bonds is 9. The molecule has 1 aromatic heterocycles. The molecular formula is C15H25IN2O2. The Morgan fingerprint density at radius 3 is 2.15 bits per heavy atom. The van der Waals surface area contributed by atoms with Gasteiger partial charge in [0, 0.05) is 19.8 Å². The molecule has 0 aromatic carbocycles. The predicted octanol–water partition coefficient (Wildman–Crippen LogP) is 3.29. The number of hydrogen-bond donors (Lipinski definition) is 0. The maximum absolute atomic E-state index is 11.9. The van der Waals surface area contributed by atoms with Crippen LogP contribution < -0.4 is 11.2 Å². The highest BCUT2D eigenvalue weighted by Gasteiger charge is 2.06.